The van der Waals surface area contributed by atoms with Gasteiger partial charge in [-0.2, -0.15) is 0 Å². The first-order valence-corrected chi connectivity index (χ1v) is 6.01. The molecule has 1 saturated heterocycles. The zero-order valence-electron chi connectivity index (χ0n) is 10.4. The van der Waals surface area contributed by atoms with Gasteiger partial charge in [0.05, 0.1) is 5.69 Å². The Labute approximate surface area is 106 Å². The minimum Gasteiger partial charge on any atom is -0.477 e. The van der Waals surface area contributed by atoms with Crippen molar-refractivity contribution in [1.82, 2.24) is 9.88 Å². The highest BCUT2D eigenvalue weighted by atomic mass is 16.4. The van der Waals surface area contributed by atoms with Gasteiger partial charge in [-0.3, -0.25) is 0 Å². The van der Waals surface area contributed by atoms with Crippen LogP contribution < -0.4 is 11.1 Å². The number of hydrogen-bond donors (Lipinski definition) is 3. The monoisotopic (exact) mass is 250 g/mol. The summed E-state index contributed by atoms with van der Waals surface area (Å²) in [7, 11) is 2.07. The van der Waals surface area contributed by atoms with Crippen molar-refractivity contribution in [3.05, 3.63) is 17.8 Å². The minimum absolute atomic E-state index is 0.0101. The van der Waals surface area contributed by atoms with Crippen molar-refractivity contribution in [3.8, 4) is 0 Å². The lowest BCUT2D eigenvalue weighted by Gasteiger charge is -2.30. The predicted molar refractivity (Wildman–Crippen MR) is 69.8 cm³/mol. The summed E-state index contributed by atoms with van der Waals surface area (Å²) in [5.74, 6) is -0.575. The molecular formula is C12H18N4O2. The number of nitrogen functional groups attached to an aromatic ring is 1. The molecule has 6 nitrogen and oxygen atoms in total. The number of aromatic nitrogens is 1. The molecule has 0 spiro atoms. The number of likely N-dealkylation sites (N-methyl/N-ethyl adjacent to an activating group) is 1. The Morgan fingerprint density at radius 2 is 2.39 bits per heavy atom. The molecule has 1 atom stereocenters. The zero-order chi connectivity index (χ0) is 13.1. The fourth-order valence-corrected chi connectivity index (χ4v) is 2.18. The fraction of sp³-hybridized carbons (Fsp3) is 0.500. The maximum absolute atomic E-state index is 10.9. The van der Waals surface area contributed by atoms with Crippen molar-refractivity contribution in [1.29, 1.82) is 0 Å². The van der Waals surface area contributed by atoms with Gasteiger partial charge in [-0.25, -0.2) is 9.78 Å². The minimum atomic E-state index is -1.04. The van der Waals surface area contributed by atoms with E-state index in [1.54, 1.807) is 6.07 Å². The van der Waals surface area contributed by atoms with Crippen molar-refractivity contribution in [2.75, 3.05) is 31.2 Å². The highest BCUT2D eigenvalue weighted by Gasteiger charge is 2.18. The van der Waals surface area contributed by atoms with Crippen molar-refractivity contribution >= 4 is 17.5 Å². The molecule has 18 heavy (non-hydrogen) atoms. The van der Waals surface area contributed by atoms with Crippen LogP contribution in [0.3, 0.4) is 0 Å². The fourth-order valence-electron chi connectivity index (χ4n) is 2.18. The smallest absolute Gasteiger partial charge is 0.354 e. The lowest BCUT2D eigenvalue weighted by Crippen LogP contribution is -2.40. The van der Waals surface area contributed by atoms with E-state index < -0.39 is 5.97 Å². The largest absolute Gasteiger partial charge is 0.477 e. The van der Waals surface area contributed by atoms with Crippen LogP contribution in [-0.2, 0) is 0 Å². The number of hydrogen-bond acceptors (Lipinski definition) is 5. The highest BCUT2D eigenvalue weighted by Crippen LogP contribution is 2.19. The number of piperidine rings is 1. The van der Waals surface area contributed by atoms with Crippen LogP contribution in [0.5, 0.6) is 0 Å². The first-order chi connectivity index (χ1) is 8.56. The molecule has 0 radical (unpaired) electrons. The summed E-state index contributed by atoms with van der Waals surface area (Å²) in [6.07, 6.45) is 2.16. The van der Waals surface area contributed by atoms with Crippen LogP contribution >= 0.6 is 0 Å². The first kappa shape index (κ1) is 12.6. The molecule has 0 saturated carbocycles. The maximum atomic E-state index is 10.9. The molecule has 0 aromatic carbocycles. The van der Waals surface area contributed by atoms with Crippen LogP contribution in [0, 0.1) is 0 Å². The van der Waals surface area contributed by atoms with Gasteiger partial charge in [0.1, 0.15) is 5.82 Å². The first-order valence-electron chi connectivity index (χ1n) is 6.01. The van der Waals surface area contributed by atoms with Gasteiger partial charge in [0.25, 0.3) is 0 Å². The number of carboxylic acid groups (broad SMARTS) is 1. The third kappa shape index (κ3) is 2.89. The summed E-state index contributed by atoms with van der Waals surface area (Å²) in [6, 6.07) is 3.25. The summed E-state index contributed by atoms with van der Waals surface area (Å²) in [5, 5.41) is 12.1. The van der Waals surface area contributed by atoms with Crippen LogP contribution in [0.25, 0.3) is 0 Å². The highest BCUT2D eigenvalue weighted by molar-refractivity contribution is 5.86. The number of likely N-dealkylation sites (tertiary alicyclic amines) is 1. The number of carboxylic acids is 1. The van der Waals surface area contributed by atoms with E-state index in [2.05, 4.69) is 22.2 Å². The Morgan fingerprint density at radius 1 is 1.61 bits per heavy atom. The average molecular weight is 250 g/mol. The van der Waals surface area contributed by atoms with Crippen LogP contribution in [0.2, 0.25) is 0 Å². The molecule has 1 unspecified atom stereocenters. The number of nitrogens with one attached hydrogen (secondary N) is 1. The van der Waals surface area contributed by atoms with Crippen LogP contribution in [0.15, 0.2) is 12.1 Å². The van der Waals surface area contributed by atoms with Crippen LogP contribution in [0.1, 0.15) is 23.3 Å². The molecular weight excluding hydrogens is 232 g/mol. The second-order valence-corrected chi connectivity index (χ2v) is 4.69. The van der Waals surface area contributed by atoms with Crippen molar-refractivity contribution in [3.63, 3.8) is 0 Å². The summed E-state index contributed by atoms with van der Waals surface area (Å²) < 4.78 is 0. The number of pyridine rings is 1. The van der Waals surface area contributed by atoms with E-state index in [-0.39, 0.29) is 11.7 Å². The molecule has 2 heterocycles. The zero-order valence-corrected chi connectivity index (χ0v) is 10.4. The number of carbonyl (C=O) groups is 1. The molecule has 0 bridgehead atoms. The third-order valence-electron chi connectivity index (χ3n) is 3.11. The third-order valence-corrected chi connectivity index (χ3v) is 3.11. The van der Waals surface area contributed by atoms with Gasteiger partial charge < -0.3 is 21.1 Å². The molecule has 1 fully saturated rings. The molecule has 0 aliphatic carbocycles. The quantitative estimate of drug-likeness (QED) is 0.737. The molecule has 2 rings (SSSR count). The summed E-state index contributed by atoms with van der Waals surface area (Å²) in [4.78, 5) is 17.1. The SMILES string of the molecule is CN1CCCC(Nc2nc(C(=O)O)ccc2N)C1. The van der Waals surface area contributed by atoms with Crippen molar-refractivity contribution < 1.29 is 9.90 Å². The topological polar surface area (TPSA) is 91.5 Å². The number of rotatable bonds is 3. The molecule has 4 N–H and O–H groups in total. The number of aromatic carboxylic acids is 1. The average Bonchev–Trinajstić information content (AvgIpc) is 2.31. The predicted octanol–water partition coefficient (Wildman–Crippen LogP) is 0.868. The Balaban J connectivity index is 2.12. The van der Waals surface area contributed by atoms with E-state index >= 15 is 0 Å². The second kappa shape index (κ2) is 5.22. The molecule has 98 valence electrons. The molecule has 1 aromatic rings. The van der Waals surface area contributed by atoms with Gasteiger partial charge in [0, 0.05) is 12.6 Å². The number of anilines is 2. The van der Waals surface area contributed by atoms with Crippen molar-refractivity contribution in [2.45, 2.75) is 18.9 Å². The van der Waals surface area contributed by atoms with E-state index in [9.17, 15) is 4.79 Å². The molecule has 1 aliphatic rings. The van der Waals surface area contributed by atoms with Gasteiger partial charge >= 0.3 is 5.97 Å². The second-order valence-electron chi connectivity index (χ2n) is 4.69. The number of nitrogens with zero attached hydrogens (tertiary/aromatic N) is 2. The summed E-state index contributed by atoms with van der Waals surface area (Å²) in [5.41, 5.74) is 6.30. The Bertz CT molecular complexity index is 450. The number of nitrogens with two attached hydrogens (primary N) is 1. The molecule has 1 aliphatic heterocycles. The summed E-state index contributed by atoms with van der Waals surface area (Å²) in [6.45, 7) is 2.01. The van der Waals surface area contributed by atoms with Crippen LogP contribution in [-0.4, -0.2) is 47.1 Å². The van der Waals surface area contributed by atoms with E-state index in [1.807, 2.05) is 0 Å². The lowest BCUT2D eigenvalue weighted by atomic mass is 10.1. The van der Waals surface area contributed by atoms with Gasteiger partial charge in [0.15, 0.2) is 5.69 Å². The van der Waals surface area contributed by atoms with E-state index in [0.29, 0.717) is 11.5 Å². The normalized spacial score (nSPS) is 20.6. The van der Waals surface area contributed by atoms with Gasteiger partial charge in [-0.1, -0.05) is 0 Å². The van der Waals surface area contributed by atoms with E-state index in [1.165, 1.54) is 6.07 Å². The standard InChI is InChI=1S/C12H18N4O2/c1-16-6-2-3-8(7-16)14-11-9(13)4-5-10(15-11)12(17)18/h4-5,8H,2-3,6-7,13H2,1H3,(H,14,15)(H,17,18). The van der Waals surface area contributed by atoms with Crippen molar-refractivity contribution in [2.24, 2.45) is 0 Å². The molecule has 6 heteroatoms. The summed E-state index contributed by atoms with van der Waals surface area (Å²) >= 11 is 0. The van der Waals surface area contributed by atoms with Crippen LogP contribution in [0.4, 0.5) is 11.5 Å². The van der Waals surface area contributed by atoms with Gasteiger partial charge in [-0.15, -0.1) is 0 Å². The van der Waals surface area contributed by atoms with Gasteiger partial charge in [-0.05, 0) is 38.6 Å². The van der Waals surface area contributed by atoms with E-state index in [4.69, 9.17) is 10.8 Å². The maximum Gasteiger partial charge on any atom is 0.354 e. The Hall–Kier alpha value is -1.82. The lowest BCUT2D eigenvalue weighted by molar-refractivity contribution is 0.0690. The Morgan fingerprint density at radius 3 is 3.06 bits per heavy atom. The Kier molecular flexibility index (Phi) is 3.66. The molecule has 0 amide bonds. The molecule has 1 aromatic heterocycles. The van der Waals surface area contributed by atoms with E-state index in [0.717, 1.165) is 25.9 Å². The van der Waals surface area contributed by atoms with Gasteiger partial charge in [0.2, 0.25) is 0 Å².